The minimum Gasteiger partial charge on any atom is -0.693 e. The van der Waals surface area contributed by atoms with Crippen LogP contribution in [0.3, 0.4) is 0 Å². The van der Waals surface area contributed by atoms with Crippen LogP contribution < -0.4 is 0 Å². The summed E-state index contributed by atoms with van der Waals surface area (Å²) >= 11 is 0. The Kier molecular flexibility index (Phi) is 5040. The van der Waals surface area contributed by atoms with E-state index in [1.165, 1.54) is 9.82 Å². The van der Waals surface area contributed by atoms with Crippen molar-refractivity contribution in [3.8, 4) is 0 Å². The van der Waals surface area contributed by atoms with Crippen molar-refractivity contribution in [2.24, 2.45) is 0 Å². The monoisotopic (exact) mass is 207 g/mol. The van der Waals surface area contributed by atoms with Gasteiger partial charge in [-0.05, 0) is 0 Å². The molecule has 0 bridgehead atoms. The fourth-order valence-corrected chi connectivity index (χ4v) is 0. The average molecular weight is 207 g/mol. The van der Waals surface area contributed by atoms with Gasteiger partial charge < -0.3 is 46.7 Å². The molecule has 0 aliphatic rings. The Morgan fingerprint density at radius 1 is 0.545 bits per heavy atom. The van der Waals surface area contributed by atoms with Crippen molar-refractivity contribution in [2.75, 3.05) is 0 Å². The van der Waals surface area contributed by atoms with Gasteiger partial charge in [0.05, 0.1) is 0 Å². The Hall–Kier alpha value is -1.03. The minimum absolute atomic E-state index is 0. The second-order valence-electron chi connectivity index (χ2n) is 0.179. The summed E-state index contributed by atoms with van der Waals surface area (Å²) in [5.74, 6) is 0. The number of nitrogens with zero attached hydrogens (tertiary/aromatic N) is 6. The maximum Gasteiger partial charge on any atom is 3.00 e. The normalized spacial score (nSPS) is 1.45. The van der Waals surface area contributed by atoms with Gasteiger partial charge in [0.15, 0.2) is 0 Å². The molecule has 0 aliphatic heterocycles. The second kappa shape index (κ2) is 609. The maximum absolute atomic E-state index is 6.75. The van der Waals surface area contributed by atoms with Gasteiger partial charge in [0.2, 0.25) is 0 Å². The topological polar surface area (TPSA) is 251 Å². The number of rotatable bonds is 0. The summed E-state index contributed by atoms with van der Waals surface area (Å²) in [4.78, 5) is 3.00. The van der Waals surface area contributed by atoms with Gasteiger partial charge in [-0.15, -0.1) is 0 Å². The predicted octanol–water partition coefficient (Wildman–Crippen LogP) is 4.60. The first kappa shape index (κ1) is 91.1. The third kappa shape index (κ3) is 407. The van der Waals surface area contributed by atoms with E-state index in [-0.39, 0.29) is 41.4 Å². The van der Waals surface area contributed by atoms with Gasteiger partial charge in [0.1, 0.15) is 0 Å². The Balaban J connectivity index is -0.00000000400. The van der Waals surface area contributed by atoms with Gasteiger partial charge in [-0.3, -0.25) is 9.82 Å². The van der Waals surface area contributed by atoms with Crippen molar-refractivity contribution in [3.05, 3.63) is 56.6 Å². The van der Waals surface area contributed by atoms with E-state index in [4.69, 9.17) is 22.1 Å². The van der Waals surface area contributed by atoms with E-state index in [0.29, 0.717) is 0 Å². The zero-order chi connectivity index (χ0) is 5.41. The van der Waals surface area contributed by atoms with E-state index in [0.717, 1.165) is 0 Å². The summed E-state index contributed by atoms with van der Waals surface area (Å²) in [6.07, 6.45) is 0. The molecule has 0 radical (unpaired) electrons. The molecule has 0 rings (SSSR count). The first-order chi connectivity index (χ1) is 2.83. The van der Waals surface area contributed by atoms with Gasteiger partial charge >= 0.3 is 16.8 Å². The van der Waals surface area contributed by atoms with Crippen molar-refractivity contribution in [1.82, 2.24) is 0 Å². The molecule has 0 aliphatic carbocycles. The number of hydrogen-bond acceptors (Lipinski definition) is 0. The molecule has 0 fully saturated rings. The van der Waals surface area contributed by atoms with Crippen LogP contribution in [0.4, 0.5) is 0 Å². The molecule has 0 saturated carbocycles. The molecular formula is H8CoN10-3. The summed E-state index contributed by atoms with van der Waals surface area (Å²) in [6, 6.07) is 0. The zero-order valence-corrected chi connectivity index (χ0v) is 6.37. The fourth-order valence-electron chi connectivity index (χ4n) is 0. The van der Waals surface area contributed by atoms with Crippen LogP contribution in [0.2, 0.25) is 0 Å². The van der Waals surface area contributed by atoms with Crippen LogP contribution in [0.1, 0.15) is 0 Å². The van der Waals surface area contributed by atoms with Gasteiger partial charge in [0, 0.05) is 0 Å². The molecule has 0 amide bonds. The summed E-state index contributed by atoms with van der Waals surface area (Å²) < 4.78 is 0. The van der Waals surface area contributed by atoms with E-state index in [1.807, 2.05) is 0 Å². The molecule has 0 atom stereocenters. The predicted molar refractivity (Wildman–Crippen MR) is 41.3 cm³/mol. The molecule has 11 heteroatoms. The standard InChI is InChI=1S/Co.2N3.4H2N/c;2*1-3-2;;;;/h;;;4*1H2/q+3;6*-1. The molecule has 0 heterocycles. The van der Waals surface area contributed by atoms with Crippen molar-refractivity contribution in [2.45, 2.75) is 0 Å². The molecule has 70 valence electrons. The number of hydrogen-bond donors (Lipinski definition) is 0. The molecule has 0 saturated heterocycles. The summed E-state index contributed by atoms with van der Waals surface area (Å²) in [6.45, 7) is 0. The first-order valence-corrected chi connectivity index (χ1v) is 0.800. The smallest absolute Gasteiger partial charge is 0.693 e. The first-order valence-electron chi connectivity index (χ1n) is 0.800. The van der Waals surface area contributed by atoms with E-state index in [1.54, 1.807) is 0 Å². The minimum atomic E-state index is 0. The van der Waals surface area contributed by atoms with Crippen molar-refractivity contribution < 1.29 is 16.8 Å². The molecule has 11 heavy (non-hydrogen) atoms. The van der Waals surface area contributed by atoms with Crippen LogP contribution in [-0.2, 0) is 16.8 Å². The van der Waals surface area contributed by atoms with E-state index >= 15 is 0 Å². The molecule has 0 aromatic heterocycles. The van der Waals surface area contributed by atoms with Crippen molar-refractivity contribution in [3.63, 3.8) is 0 Å². The van der Waals surface area contributed by atoms with E-state index < -0.39 is 0 Å². The maximum atomic E-state index is 6.75. The zero-order valence-electron chi connectivity index (χ0n) is 5.33. The second-order valence-corrected chi connectivity index (χ2v) is 0.179. The largest absolute Gasteiger partial charge is 3.00 e. The van der Waals surface area contributed by atoms with Crippen molar-refractivity contribution in [1.29, 1.82) is 0 Å². The Morgan fingerprint density at radius 3 is 0.545 bits per heavy atom. The average Bonchev–Trinajstić information content (AvgIpc) is 1.39. The molecule has 0 unspecified atom stereocenters. The molecule has 0 aromatic rings. The third-order valence-electron chi connectivity index (χ3n) is 0. The molecular weight excluding hydrogens is 199 g/mol. The van der Waals surface area contributed by atoms with E-state index in [9.17, 15) is 0 Å². The SMILES string of the molecule is [Co+3].[N-]=[N+]=[N-].[N-]=[N+]=[N-].[NH2-].[NH2-].[NH2-].[NH2-]. The molecule has 8 N–H and O–H groups in total. The van der Waals surface area contributed by atoms with Crippen LogP contribution in [-0.4, -0.2) is 0 Å². The fraction of sp³-hybridized carbons (Fsp3) is 0. The Labute approximate surface area is 74.1 Å². The van der Waals surface area contributed by atoms with Crippen LogP contribution in [0.15, 0.2) is 0 Å². The molecule has 0 aromatic carbocycles. The summed E-state index contributed by atoms with van der Waals surface area (Å²) in [7, 11) is 0. The molecule has 10 nitrogen and oxygen atoms in total. The molecule has 0 spiro atoms. The van der Waals surface area contributed by atoms with Gasteiger partial charge in [0.25, 0.3) is 0 Å². The Bertz CT molecular complexity index is 58.9. The summed E-state index contributed by atoms with van der Waals surface area (Å²) in [5, 5.41) is 0. The Morgan fingerprint density at radius 2 is 0.545 bits per heavy atom. The van der Waals surface area contributed by atoms with Gasteiger partial charge in [-0.25, -0.2) is 0 Å². The van der Waals surface area contributed by atoms with Crippen LogP contribution in [0.25, 0.3) is 56.6 Å². The van der Waals surface area contributed by atoms with Gasteiger partial charge in [-0.1, -0.05) is 0 Å². The summed E-state index contributed by atoms with van der Waals surface area (Å²) in [5.41, 5.74) is 27.0. The van der Waals surface area contributed by atoms with Crippen LogP contribution in [0, 0.1) is 0 Å². The quantitative estimate of drug-likeness (QED) is 0.299. The van der Waals surface area contributed by atoms with Crippen LogP contribution >= 0.6 is 0 Å². The van der Waals surface area contributed by atoms with E-state index in [2.05, 4.69) is 0 Å². The van der Waals surface area contributed by atoms with Gasteiger partial charge in [-0.2, -0.15) is 0 Å². The third-order valence-corrected chi connectivity index (χ3v) is 0. The van der Waals surface area contributed by atoms with Crippen LogP contribution in [0.5, 0.6) is 0 Å². The number of nitrogens with two attached hydrogens (primary N) is 4. The van der Waals surface area contributed by atoms with Crippen molar-refractivity contribution >= 4 is 0 Å².